The topological polar surface area (TPSA) is 67.3 Å². The van der Waals surface area contributed by atoms with Crippen molar-refractivity contribution in [3.8, 4) is 22.4 Å². The number of fused-ring (bicyclic) bond motifs is 5. The smallest absolute Gasteiger partial charge is 0.195 e. The molecule has 1 aliphatic carbocycles. The Morgan fingerprint density at radius 3 is 2.29 bits per heavy atom. The summed E-state index contributed by atoms with van der Waals surface area (Å²) in [6.45, 7) is 8.97. The van der Waals surface area contributed by atoms with Crippen LogP contribution in [0.5, 0.6) is 0 Å². The molecule has 1 aliphatic rings. The second kappa shape index (κ2) is 10.5. The van der Waals surface area contributed by atoms with E-state index >= 15 is 0 Å². The molecule has 0 saturated heterocycles. The SMILES string of the molecule is CC(=O)/C=C(/C)O.Cc1[c-]c(-c2ccc3c4c(ccc3n2)-c2cccc(C)c2C4=O)cc(C)c1.[Ir]. The molecule has 5 rings (SSSR count). The van der Waals surface area contributed by atoms with Crippen LogP contribution in [0.25, 0.3) is 33.3 Å². The van der Waals surface area contributed by atoms with E-state index < -0.39 is 0 Å². The van der Waals surface area contributed by atoms with Gasteiger partial charge in [-0.1, -0.05) is 50.2 Å². The molecular weight excluding hydrogens is 615 g/mol. The third-order valence-corrected chi connectivity index (χ3v) is 5.72. The predicted molar refractivity (Wildman–Crippen MR) is 136 cm³/mol. The van der Waals surface area contributed by atoms with Gasteiger partial charge in [0.2, 0.25) is 0 Å². The number of aliphatic hydroxyl groups excluding tert-OH is 1. The number of pyridine rings is 1. The van der Waals surface area contributed by atoms with Crippen molar-refractivity contribution in [1.82, 2.24) is 4.98 Å². The molecule has 0 fully saturated rings. The number of ketones is 2. The number of benzene rings is 3. The second-order valence-corrected chi connectivity index (χ2v) is 8.73. The van der Waals surface area contributed by atoms with Gasteiger partial charge in [0, 0.05) is 42.7 Å². The Morgan fingerprint density at radius 1 is 0.943 bits per heavy atom. The molecule has 0 bridgehead atoms. The molecule has 0 unspecified atom stereocenters. The molecule has 1 N–H and O–H groups in total. The Balaban J connectivity index is 0.000000378. The number of hydrogen-bond acceptors (Lipinski definition) is 4. The fourth-order valence-electron chi connectivity index (χ4n) is 4.47. The maximum Gasteiger partial charge on any atom is 0.195 e. The van der Waals surface area contributed by atoms with Gasteiger partial charge in [0.15, 0.2) is 11.6 Å². The van der Waals surface area contributed by atoms with Gasteiger partial charge in [0.25, 0.3) is 0 Å². The van der Waals surface area contributed by atoms with E-state index in [0.29, 0.717) is 0 Å². The monoisotopic (exact) mass is 641 g/mol. The van der Waals surface area contributed by atoms with Gasteiger partial charge >= 0.3 is 0 Å². The van der Waals surface area contributed by atoms with Crippen LogP contribution in [0.1, 0.15) is 46.5 Å². The molecule has 0 saturated carbocycles. The Morgan fingerprint density at radius 2 is 1.66 bits per heavy atom. The standard InChI is InChI=1S/C25H18NO.C5H8O2.Ir/c1-14-11-15(2)13-17(12-14)21-9-8-20-22(26-21)10-7-19-18-6-4-5-16(3)23(18)25(27)24(19)20;1-4(6)3-5(2)7;/h4-12H,1-3H3;3,6H,1-2H3;/q-1;;/b;4-3-;. The first-order valence-electron chi connectivity index (χ1n) is 11.1. The summed E-state index contributed by atoms with van der Waals surface area (Å²) in [6, 6.07) is 21.7. The summed E-state index contributed by atoms with van der Waals surface area (Å²) in [5, 5.41) is 9.28. The summed E-state index contributed by atoms with van der Waals surface area (Å²) in [7, 11) is 0. The van der Waals surface area contributed by atoms with Crippen molar-refractivity contribution < 1.29 is 34.8 Å². The van der Waals surface area contributed by atoms with E-state index in [1.165, 1.54) is 25.5 Å². The summed E-state index contributed by atoms with van der Waals surface area (Å²) in [4.78, 5) is 28.0. The normalized spacial score (nSPS) is 11.8. The van der Waals surface area contributed by atoms with Crippen LogP contribution in [0.4, 0.5) is 0 Å². The summed E-state index contributed by atoms with van der Waals surface area (Å²) in [6.07, 6.45) is 1.17. The predicted octanol–water partition coefficient (Wildman–Crippen LogP) is 6.87. The molecule has 0 atom stereocenters. The van der Waals surface area contributed by atoms with Crippen molar-refractivity contribution in [2.24, 2.45) is 0 Å². The number of nitrogens with zero attached hydrogens (tertiary/aromatic N) is 1. The molecule has 1 heterocycles. The quantitative estimate of drug-likeness (QED) is 0.130. The zero-order valence-corrected chi connectivity index (χ0v) is 22.7. The zero-order chi connectivity index (χ0) is 24.6. The Kier molecular flexibility index (Phi) is 7.84. The summed E-state index contributed by atoms with van der Waals surface area (Å²) < 4.78 is 0. The number of carbonyl (C=O) groups is 2. The third kappa shape index (κ3) is 5.32. The van der Waals surface area contributed by atoms with Gasteiger partial charge in [-0.15, -0.1) is 34.9 Å². The molecular formula is C30H26IrNO3-. The van der Waals surface area contributed by atoms with E-state index in [-0.39, 0.29) is 37.4 Å². The number of rotatable bonds is 2. The summed E-state index contributed by atoms with van der Waals surface area (Å²) in [5.74, 6) is 0.0451. The van der Waals surface area contributed by atoms with E-state index in [1.54, 1.807) is 0 Å². The van der Waals surface area contributed by atoms with Crippen LogP contribution in [0.15, 0.2) is 66.4 Å². The Bertz CT molecular complexity index is 1480. The molecule has 35 heavy (non-hydrogen) atoms. The van der Waals surface area contributed by atoms with Gasteiger partial charge in [-0.25, -0.2) is 0 Å². The van der Waals surface area contributed by atoms with Crippen LogP contribution < -0.4 is 0 Å². The minimum atomic E-state index is -0.125. The first-order valence-corrected chi connectivity index (χ1v) is 11.1. The van der Waals surface area contributed by atoms with Gasteiger partial charge in [-0.3, -0.25) is 14.6 Å². The maximum atomic E-state index is 13.1. The zero-order valence-electron chi connectivity index (χ0n) is 20.3. The Labute approximate surface area is 219 Å². The first-order chi connectivity index (χ1) is 16.2. The fourth-order valence-corrected chi connectivity index (χ4v) is 4.47. The fraction of sp³-hybridized carbons (Fsp3) is 0.167. The number of allylic oxidation sites excluding steroid dienone is 2. The van der Waals surface area contributed by atoms with E-state index in [0.717, 1.165) is 55.5 Å². The van der Waals surface area contributed by atoms with Crippen molar-refractivity contribution in [3.63, 3.8) is 0 Å². The summed E-state index contributed by atoms with van der Waals surface area (Å²) in [5.41, 5.74) is 9.68. The third-order valence-electron chi connectivity index (χ3n) is 5.72. The Hall–Kier alpha value is -3.40. The van der Waals surface area contributed by atoms with Gasteiger partial charge in [0.05, 0.1) is 11.3 Å². The van der Waals surface area contributed by atoms with Crippen LogP contribution in [-0.2, 0) is 24.9 Å². The number of aromatic nitrogens is 1. The molecule has 4 nitrogen and oxygen atoms in total. The molecule has 0 amide bonds. The van der Waals surface area contributed by atoms with Crippen molar-refractivity contribution >= 4 is 22.5 Å². The molecule has 1 aromatic heterocycles. The first kappa shape index (κ1) is 26.2. The maximum absolute atomic E-state index is 13.1. The average molecular weight is 641 g/mol. The van der Waals surface area contributed by atoms with Crippen molar-refractivity contribution in [2.45, 2.75) is 34.6 Å². The van der Waals surface area contributed by atoms with Gasteiger partial charge < -0.3 is 5.11 Å². The number of hydrogen-bond donors (Lipinski definition) is 1. The second-order valence-electron chi connectivity index (χ2n) is 8.73. The van der Waals surface area contributed by atoms with Crippen LogP contribution >= 0.6 is 0 Å². The minimum Gasteiger partial charge on any atom is -0.512 e. The van der Waals surface area contributed by atoms with Crippen LogP contribution in [0.3, 0.4) is 0 Å². The van der Waals surface area contributed by atoms with Gasteiger partial charge in [-0.2, -0.15) is 0 Å². The van der Waals surface area contributed by atoms with Gasteiger partial charge in [0.1, 0.15) is 0 Å². The van der Waals surface area contributed by atoms with E-state index in [2.05, 4.69) is 25.1 Å². The number of carbonyl (C=O) groups excluding carboxylic acids is 2. The van der Waals surface area contributed by atoms with Crippen LogP contribution in [0, 0.1) is 26.8 Å². The van der Waals surface area contributed by atoms with Gasteiger partial charge in [-0.05, 0) is 49.2 Å². The van der Waals surface area contributed by atoms with Crippen molar-refractivity contribution in [3.05, 3.63) is 100 Å². The average Bonchev–Trinajstić information content (AvgIpc) is 3.06. The van der Waals surface area contributed by atoms with Crippen molar-refractivity contribution in [1.29, 1.82) is 0 Å². The molecule has 3 aromatic carbocycles. The molecule has 0 aliphatic heterocycles. The molecule has 1 radical (unpaired) electrons. The molecule has 5 heteroatoms. The van der Waals surface area contributed by atoms with E-state index in [9.17, 15) is 9.59 Å². The minimum absolute atomic E-state index is 0. The number of aliphatic hydroxyl groups is 1. The number of aryl methyl sites for hydroxylation is 3. The van der Waals surface area contributed by atoms with Crippen LogP contribution in [0.2, 0.25) is 0 Å². The summed E-state index contributed by atoms with van der Waals surface area (Å²) >= 11 is 0. The van der Waals surface area contributed by atoms with Crippen LogP contribution in [-0.4, -0.2) is 21.7 Å². The van der Waals surface area contributed by atoms with E-state index in [4.69, 9.17) is 10.1 Å². The molecule has 0 spiro atoms. The molecule has 179 valence electrons. The van der Waals surface area contributed by atoms with E-state index in [1.807, 2.05) is 56.3 Å². The largest absolute Gasteiger partial charge is 0.512 e. The van der Waals surface area contributed by atoms with Crippen molar-refractivity contribution in [2.75, 3.05) is 0 Å². The molecule has 4 aromatic rings.